The molecule has 2 aromatic carbocycles. The molecule has 0 aliphatic rings. The number of H-pyrrole nitrogens is 1. The monoisotopic (exact) mass is 454 g/mol. The molecular weight excluding hydrogens is 439 g/mol. The van der Waals surface area contributed by atoms with Crippen LogP contribution in [0.15, 0.2) is 42.6 Å². The standard InChI is InChI=1S/C20H17Cl3N2O4/c1-28-20(27)17(6-11-9-24-16-5-3-2-4-12(11)16)25-19(26)10-29-18-8-14(22)13(21)7-15(18)23/h2-5,7-9,17,24H,6,10H2,1H3,(H,25,26). The maximum atomic E-state index is 12.3. The molecular formula is C20H17Cl3N2O4. The SMILES string of the molecule is COC(=O)C(Cc1c[nH]c2ccccc12)NC(=O)COc1cc(Cl)c(Cl)cc1Cl. The van der Waals surface area contributed by atoms with Gasteiger partial charge in [-0.15, -0.1) is 0 Å². The Morgan fingerprint density at radius 1 is 1.10 bits per heavy atom. The molecule has 152 valence electrons. The summed E-state index contributed by atoms with van der Waals surface area (Å²) in [5, 5.41) is 4.34. The summed E-state index contributed by atoms with van der Waals surface area (Å²) in [7, 11) is 1.27. The number of aromatic nitrogens is 1. The summed E-state index contributed by atoms with van der Waals surface area (Å²) >= 11 is 17.8. The number of aromatic amines is 1. The van der Waals surface area contributed by atoms with Crippen molar-refractivity contribution in [2.24, 2.45) is 0 Å². The topological polar surface area (TPSA) is 80.4 Å². The van der Waals surface area contributed by atoms with Crippen LogP contribution in [0.25, 0.3) is 10.9 Å². The lowest BCUT2D eigenvalue weighted by molar-refractivity contribution is -0.145. The quantitative estimate of drug-likeness (QED) is 0.408. The summed E-state index contributed by atoms with van der Waals surface area (Å²) in [5.41, 5.74) is 1.82. The lowest BCUT2D eigenvalue weighted by atomic mass is 10.0. The lowest BCUT2D eigenvalue weighted by Crippen LogP contribution is -2.44. The van der Waals surface area contributed by atoms with Crippen LogP contribution in [-0.4, -0.2) is 36.6 Å². The van der Waals surface area contributed by atoms with Crippen molar-refractivity contribution < 1.29 is 19.1 Å². The number of rotatable bonds is 7. The Hall–Kier alpha value is -2.41. The van der Waals surface area contributed by atoms with E-state index in [1.165, 1.54) is 19.2 Å². The minimum absolute atomic E-state index is 0.211. The van der Waals surface area contributed by atoms with Crippen LogP contribution in [-0.2, 0) is 20.7 Å². The van der Waals surface area contributed by atoms with E-state index in [1.54, 1.807) is 6.20 Å². The molecule has 3 rings (SSSR count). The second kappa shape index (κ2) is 9.39. The summed E-state index contributed by atoms with van der Waals surface area (Å²) in [6, 6.07) is 9.65. The molecule has 0 bridgehead atoms. The van der Waals surface area contributed by atoms with E-state index >= 15 is 0 Å². The van der Waals surface area contributed by atoms with E-state index in [2.05, 4.69) is 10.3 Å². The number of halogens is 3. The number of para-hydroxylation sites is 1. The maximum Gasteiger partial charge on any atom is 0.328 e. The summed E-state index contributed by atoms with van der Waals surface area (Å²) in [6.45, 7) is -0.362. The number of hydrogen-bond acceptors (Lipinski definition) is 4. The van der Waals surface area contributed by atoms with Gasteiger partial charge in [-0.25, -0.2) is 4.79 Å². The Morgan fingerprint density at radius 3 is 2.59 bits per heavy atom. The Morgan fingerprint density at radius 2 is 1.83 bits per heavy atom. The van der Waals surface area contributed by atoms with Gasteiger partial charge >= 0.3 is 5.97 Å². The van der Waals surface area contributed by atoms with E-state index in [1.807, 2.05) is 24.3 Å². The molecule has 2 N–H and O–H groups in total. The molecule has 0 saturated carbocycles. The highest BCUT2D eigenvalue weighted by molar-refractivity contribution is 6.43. The molecule has 3 aromatic rings. The number of methoxy groups -OCH3 is 1. The fraction of sp³-hybridized carbons (Fsp3) is 0.200. The first-order valence-electron chi connectivity index (χ1n) is 8.58. The second-order valence-electron chi connectivity index (χ2n) is 6.19. The van der Waals surface area contributed by atoms with Gasteiger partial charge in [0.25, 0.3) is 5.91 Å². The van der Waals surface area contributed by atoms with Crippen LogP contribution in [0.4, 0.5) is 0 Å². The Kier molecular flexibility index (Phi) is 6.90. The van der Waals surface area contributed by atoms with E-state index < -0.39 is 17.9 Å². The number of amides is 1. The molecule has 1 heterocycles. The van der Waals surface area contributed by atoms with Gasteiger partial charge in [0.1, 0.15) is 11.8 Å². The highest BCUT2D eigenvalue weighted by atomic mass is 35.5. The van der Waals surface area contributed by atoms with Gasteiger partial charge in [0, 0.05) is 29.6 Å². The first-order chi connectivity index (χ1) is 13.9. The molecule has 0 radical (unpaired) electrons. The van der Waals surface area contributed by atoms with Gasteiger partial charge < -0.3 is 19.8 Å². The number of ether oxygens (including phenoxy) is 2. The van der Waals surface area contributed by atoms with Gasteiger partial charge in [0.15, 0.2) is 6.61 Å². The Balaban J connectivity index is 1.68. The van der Waals surface area contributed by atoms with Crippen LogP contribution in [0.1, 0.15) is 5.56 Å². The summed E-state index contributed by atoms with van der Waals surface area (Å²) in [5.74, 6) is -0.860. The fourth-order valence-corrected chi connectivity index (χ4v) is 3.44. The molecule has 1 atom stereocenters. The zero-order valence-electron chi connectivity index (χ0n) is 15.3. The van der Waals surface area contributed by atoms with Crippen LogP contribution >= 0.6 is 34.8 Å². The predicted octanol–water partition coefficient (Wildman–Crippen LogP) is 4.41. The smallest absolute Gasteiger partial charge is 0.328 e. The maximum absolute atomic E-state index is 12.3. The van der Waals surface area contributed by atoms with E-state index in [9.17, 15) is 9.59 Å². The van der Waals surface area contributed by atoms with Crippen LogP contribution in [0.2, 0.25) is 15.1 Å². The van der Waals surface area contributed by atoms with Crippen molar-refractivity contribution in [3.8, 4) is 5.75 Å². The van der Waals surface area contributed by atoms with Gasteiger partial charge in [0.2, 0.25) is 0 Å². The van der Waals surface area contributed by atoms with Gasteiger partial charge in [-0.2, -0.15) is 0 Å². The van der Waals surface area contributed by atoms with Crippen molar-refractivity contribution in [2.45, 2.75) is 12.5 Å². The van der Waals surface area contributed by atoms with Crippen LogP contribution in [0.3, 0.4) is 0 Å². The molecule has 1 unspecified atom stereocenters. The molecule has 0 aliphatic heterocycles. The highest BCUT2D eigenvalue weighted by Gasteiger charge is 2.23. The molecule has 29 heavy (non-hydrogen) atoms. The van der Waals surface area contributed by atoms with Crippen LogP contribution in [0, 0.1) is 0 Å². The summed E-state index contributed by atoms with van der Waals surface area (Å²) in [6.07, 6.45) is 2.06. The Bertz CT molecular complexity index is 1050. The minimum atomic E-state index is -0.875. The third-order valence-electron chi connectivity index (χ3n) is 4.25. The number of hydrogen-bond donors (Lipinski definition) is 2. The van der Waals surface area contributed by atoms with E-state index in [-0.39, 0.29) is 33.8 Å². The van der Waals surface area contributed by atoms with Crippen molar-refractivity contribution in [2.75, 3.05) is 13.7 Å². The number of esters is 1. The zero-order valence-corrected chi connectivity index (χ0v) is 17.6. The van der Waals surface area contributed by atoms with E-state index in [0.717, 1.165) is 16.5 Å². The van der Waals surface area contributed by atoms with Crippen molar-refractivity contribution >= 4 is 57.6 Å². The first kappa shape index (κ1) is 21.3. The van der Waals surface area contributed by atoms with Crippen LogP contribution < -0.4 is 10.1 Å². The van der Waals surface area contributed by atoms with Crippen molar-refractivity contribution in [1.82, 2.24) is 10.3 Å². The minimum Gasteiger partial charge on any atom is -0.482 e. The zero-order chi connectivity index (χ0) is 21.0. The van der Waals surface area contributed by atoms with Gasteiger partial charge in [-0.1, -0.05) is 53.0 Å². The largest absolute Gasteiger partial charge is 0.482 e. The third kappa shape index (κ3) is 5.15. The van der Waals surface area contributed by atoms with Crippen LogP contribution in [0.5, 0.6) is 5.75 Å². The second-order valence-corrected chi connectivity index (χ2v) is 7.41. The highest BCUT2D eigenvalue weighted by Crippen LogP contribution is 2.33. The molecule has 0 fully saturated rings. The van der Waals surface area contributed by atoms with Gasteiger partial charge in [0.05, 0.1) is 22.2 Å². The van der Waals surface area contributed by atoms with E-state index in [4.69, 9.17) is 44.3 Å². The first-order valence-corrected chi connectivity index (χ1v) is 9.72. The predicted molar refractivity (Wildman–Crippen MR) is 113 cm³/mol. The van der Waals surface area contributed by atoms with Crippen molar-refractivity contribution in [3.63, 3.8) is 0 Å². The normalized spacial score (nSPS) is 11.9. The average molecular weight is 456 g/mol. The van der Waals surface area contributed by atoms with E-state index in [0.29, 0.717) is 0 Å². The third-order valence-corrected chi connectivity index (χ3v) is 5.27. The van der Waals surface area contributed by atoms with Gasteiger partial charge in [-0.3, -0.25) is 4.79 Å². The molecule has 0 spiro atoms. The number of carbonyl (C=O) groups excluding carboxylic acids is 2. The number of carbonyl (C=O) groups is 2. The average Bonchev–Trinajstić information content (AvgIpc) is 3.11. The molecule has 1 aromatic heterocycles. The van der Waals surface area contributed by atoms with Crippen molar-refractivity contribution in [3.05, 3.63) is 63.2 Å². The molecule has 6 nitrogen and oxygen atoms in total. The van der Waals surface area contributed by atoms with Gasteiger partial charge in [-0.05, 0) is 17.7 Å². The fourth-order valence-electron chi connectivity index (χ4n) is 2.85. The number of nitrogens with one attached hydrogen (secondary N) is 2. The number of benzene rings is 2. The molecule has 0 saturated heterocycles. The summed E-state index contributed by atoms with van der Waals surface area (Å²) in [4.78, 5) is 27.7. The number of fused-ring (bicyclic) bond motifs is 1. The van der Waals surface area contributed by atoms with Crippen molar-refractivity contribution in [1.29, 1.82) is 0 Å². The lowest BCUT2D eigenvalue weighted by Gasteiger charge is -2.17. The molecule has 0 aliphatic carbocycles. The molecule has 1 amide bonds. The molecule has 9 heteroatoms. The summed E-state index contributed by atoms with van der Waals surface area (Å²) < 4.78 is 10.2. The Labute approximate surface area is 182 Å².